The quantitative estimate of drug-likeness (QED) is 0.922. The van der Waals surface area contributed by atoms with Gasteiger partial charge < -0.3 is 15.0 Å². The smallest absolute Gasteiger partial charge is 0.121 e. The van der Waals surface area contributed by atoms with E-state index in [1.807, 2.05) is 19.1 Å². The van der Waals surface area contributed by atoms with Crippen LogP contribution < -0.4 is 15.0 Å². The normalized spacial score (nSPS) is 15.0. The van der Waals surface area contributed by atoms with Gasteiger partial charge in [-0.3, -0.25) is 4.98 Å². The second kappa shape index (κ2) is 6.29. The van der Waals surface area contributed by atoms with Crippen LogP contribution in [0.25, 0.3) is 10.9 Å². The first-order chi connectivity index (χ1) is 9.28. The van der Waals surface area contributed by atoms with Crippen molar-refractivity contribution in [2.24, 2.45) is 0 Å². The average molecular weight is 294 g/mol. The fourth-order valence-electron chi connectivity index (χ4n) is 2.61. The molecule has 0 amide bonds. The molecule has 0 saturated carbocycles. The summed E-state index contributed by atoms with van der Waals surface area (Å²) in [5.41, 5.74) is 3.34. The maximum atomic E-state index is 5.28. The van der Waals surface area contributed by atoms with Crippen molar-refractivity contribution >= 4 is 29.0 Å². The number of aryl methyl sites for hydroxylation is 1. The Bertz CT molecular complexity index is 597. The number of hydrogen-bond acceptors (Lipinski definition) is 4. The first-order valence-corrected chi connectivity index (χ1v) is 6.69. The van der Waals surface area contributed by atoms with E-state index in [0.717, 1.165) is 43.1 Å². The number of pyridine rings is 1. The lowest BCUT2D eigenvalue weighted by molar-refractivity contribution is 0.415. The zero-order valence-electron chi connectivity index (χ0n) is 11.8. The molecule has 2 heterocycles. The molecule has 1 aromatic heterocycles. The van der Waals surface area contributed by atoms with Crippen molar-refractivity contribution in [3.63, 3.8) is 0 Å². The van der Waals surface area contributed by atoms with Gasteiger partial charge in [-0.25, -0.2) is 0 Å². The second-order valence-electron chi connectivity index (χ2n) is 4.90. The molecule has 5 heteroatoms. The number of piperazine rings is 1. The topological polar surface area (TPSA) is 37.4 Å². The first kappa shape index (κ1) is 14.9. The van der Waals surface area contributed by atoms with Gasteiger partial charge in [0.15, 0.2) is 0 Å². The monoisotopic (exact) mass is 293 g/mol. The molecule has 3 rings (SSSR count). The van der Waals surface area contributed by atoms with Gasteiger partial charge >= 0.3 is 0 Å². The van der Waals surface area contributed by atoms with Gasteiger partial charge in [-0.1, -0.05) is 0 Å². The van der Waals surface area contributed by atoms with Crippen LogP contribution in [0.5, 0.6) is 5.75 Å². The summed E-state index contributed by atoms with van der Waals surface area (Å²) < 4.78 is 5.28. The minimum atomic E-state index is 0. The van der Waals surface area contributed by atoms with E-state index >= 15 is 0 Å². The van der Waals surface area contributed by atoms with E-state index in [9.17, 15) is 0 Å². The summed E-state index contributed by atoms with van der Waals surface area (Å²) in [4.78, 5) is 7.05. The van der Waals surface area contributed by atoms with Crippen LogP contribution >= 0.6 is 12.4 Å². The molecule has 0 aliphatic carbocycles. The Hall–Kier alpha value is -1.52. The van der Waals surface area contributed by atoms with Crippen LogP contribution in [0, 0.1) is 6.92 Å². The highest BCUT2D eigenvalue weighted by atomic mass is 35.5. The van der Waals surface area contributed by atoms with Gasteiger partial charge in [0.25, 0.3) is 0 Å². The number of nitrogens with one attached hydrogen (secondary N) is 1. The Balaban J connectivity index is 0.00000147. The number of fused-ring (bicyclic) bond motifs is 1. The summed E-state index contributed by atoms with van der Waals surface area (Å²) in [5, 5.41) is 4.59. The number of rotatable bonds is 2. The van der Waals surface area contributed by atoms with Crippen LogP contribution in [0.3, 0.4) is 0 Å². The minimum absolute atomic E-state index is 0. The van der Waals surface area contributed by atoms with Crippen molar-refractivity contribution in [1.82, 2.24) is 10.3 Å². The summed E-state index contributed by atoms with van der Waals surface area (Å²) in [6.07, 6.45) is 0. The summed E-state index contributed by atoms with van der Waals surface area (Å²) >= 11 is 0. The van der Waals surface area contributed by atoms with Gasteiger partial charge in [0.1, 0.15) is 5.75 Å². The van der Waals surface area contributed by atoms with Gasteiger partial charge in [0.05, 0.1) is 12.6 Å². The van der Waals surface area contributed by atoms with Gasteiger partial charge in [0, 0.05) is 49.0 Å². The summed E-state index contributed by atoms with van der Waals surface area (Å²) in [6, 6.07) is 8.30. The fraction of sp³-hybridized carbons (Fsp3) is 0.400. The van der Waals surface area contributed by atoms with Crippen molar-refractivity contribution in [1.29, 1.82) is 0 Å². The van der Waals surface area contributed by atoms with Gasteiger partial charge in [-0.05, 0) is 25.1 Å². The third-order valence-corrected chi connectivity index (χ3v) is 3.58. The Morgan fingerprint density at radius 1 is 1.20 bits per heavy atom. The van der Waals surface area contributed by atoms with E-state index in [4.69, 9.17) is 4.74 Å². The highest BCUT2D eigenvalue weighted by molar-refractivity contribution is 5.92. The maximum Gasteiger partial charge on any atom is 0.121 e. The van der Waals surface area contributed by atoms with E-state index in [1.54, 1.807) is 7.11 Å². The van der Waals surface area contributed by atoms with Crippen LogP contribution in [-0.2, 0) is 0 Å². The standard InChI is InChI=1S/C15H19N3O.ClH/c1-11-9-15(18-7-5-16-6-8-18)13-4-3-12(19-2)10-14(13)17-11;/h3-4,9-10,16H,5-8H2,1-2H3;1H. The predicted octanol–water partition coefficient (Wildman–Crippen LogP) is 2.38. The molecule has 0 unspecified atom stereocenters. The van der Waals surface area contributed by atoms with Crippen molar-refractivity contribution in [2.75, 3.05) is 38.2 Å². The predicted molar refractivity (Wildman–Crippen MR) is 85.4 cm³/mol. The molecule has 0 radical (unpaired) electrons. The SMILES string of the molecule is COc1ccc2c(N3CCNCC3)cc(C)nc2c1.Cl. The van der Waals surface area contributed by atoms with E-state index < -0.39 is 0 Å². The highest BCUT2D eigenvalue weighted by Crippen LogP contribution is 2.29. The van der Waals surface area contributed by atoms with Crippen LogP contribution in [0.4, 0.5) is 5.69 Å². The van der Waals surface area contributed by atoms with Crippen LogP contribution in [0.15, 0.2) is 24.3 Å². The Morgan fingerprint density at radius 2 is 1.95 bits per heavy atom. The van der Waals surface area contributed by atoms with Crippen LogP contribution in [-0.4, -0.2) is 38.3 Å². The lowest BCUT2D eigenvalue weighted by atomic mass is 10.1. The third-order valence-electron chi connectivity index (χ3n) is 3.58. The number of nitrogens with zero attached hydrogens (tertiary/aromatic N) is 2. The average Bonchev–Trinajstić information content (AvgIpc) is 2.46. The molecule has 2 aromatic rings. The zero-order chi connectivity index (χ0) is 13.2. The molecule has 108 valence electrons. The minimum Gasteiger partial charge on any atom is -0.497 e. The van der Waals surface area contributed by atoms with Crippen molar-refractivity contribution in [3.8, 4) is 5.75 Å². The Labute approximate surface area is 125 Å². The molecule has 1 N–H and O–H groups in total. The largest absolute Gasteiger partial charge is 0.497 e. The number of anilines is 1. The number of ether oxygens (including phenoxy) is 1. The molecular weight excluding hydrogens is 274 g/mol. The molecule has 1 fully saturated rings. The Kier molecular flexibility index (Phi) is 4.68. The van der Waals surface area contributed by atoms with E-state index in [0.29, 0.717) is 0 Å². The number of hydrogen-bond donors (Lipinski definition) is 1. The van der Waals surface area contributed by atoms with Gasteiger partial charge in [-0.2, -0.15) is 0 Å². The molecule has 1 saturated heterocycles. The van der Waals surface area contributed by atoms with Crippen molar-refractivity contribution in [2.45, 2.75) is 6.92 Å². The molecular formula is C15H20ClN3O. The summed E-state index contributed by atoms with van der Waals surface area (Å²) in [7, 11) is 1.69. The van der Waals surface area contributed by atoms with E-state index in [1.165, 1.54) is 11.1 Å². The van der Waals surface area contributed by atoms with Crippen LogP contribution in [0.1, 0.15) is 5.69 Å². The maximum absolute atomic E-state index is 5.28. The number of methoxy groups -OCH3 is 1. The Morgan fingerprint density at radius 3 is 2.65 bits per heavy atom. The molecule has 20 heavy (non-hydrogen) atoms. The fourth-order valence-corrected chi connectivity index (χ4v) is 2.61. The molecule has 0 spiro atoms. The molecule has 0 atom stereocenters. The van der Waals surface area contributed by atoms with Crippen LogP contribution in [0.2, 0.25) is 0 Å². The van der Waals surface area contributed by atoms with E-state index in [-0.39, 0.29) is 12.4 Å². The highest BCUT2D eigenvalue weighted by Gasteiger charge is 2.14. The summed E-state index contributed by atoms with van der Waals surface area (Å²) in [5.74, 6) is 0.858. The lowest BCUT2D eigenvalue weighted by Crippen LogP contribution is -2.43. The lowest BCUT2D eigenvalue weighted by Gasteiger charge is -2.30. The third kappa shape index (κ3) is 2.81. The second-order valence-corrected chi connectivity index (χ2v) is 4.90. The molecule has 0 bridgehead atoms. The van der Waals surface area contributed by atoms with E-state index in [2.05, 4.69) is 27.3 Å². The summed E-state index contributed by atoms with van der Waals surface area (Å²) in [6.45, 7) is 6.22. The molecule has 1 aliphatic heterocycles. The first-order valence-electron chi connectivity index (χ1n) is 6.69. The van der Waals surface area contributed by atoms with Gasteiger partial charge in [0.2, 0.25) is 0 Å². The molecule has 4 nitrogen and oxygen atoms in total. The van der Waals surface area contributed by atoms with Crippen molar-refractivity contribution in [3.05, 3.63) is 30.0 Å². The number of benzene rings is 1. The van der Waals surface area contributed by atoms with Crippen molar-refractivity contribution < 1.29 is 4.74 Å². The number of aromatic nitrogens is 1. The molecule has 1 aromatic carbocycles. The van der Waals surface area contributed by atoms with Gasteiger partial charge in [-0.15, -0.1) is 12.4 Å². The zero-order valence-corrected chi connectivity index (χ0v) is 12.7. The molecule has 1 aliphatic rings. The number of halogens is 1.